The number of anilines is 1. The van der Waals surface area contributed by atoms with E-state index in [0.717, 1.165) is 38.5 Å². The highest BCUT2D eigenvalue weighted by Crippen LogP contribution is 2.51. The normalized spacial score (nSPS) is 19.0. The highest BCUT2D eigenvalue weighted by molar-refractivity contribution is 6.01. The number of hydrogen-bond acceptors (Lipinski definition) is 4. The van der Waals surface area contributed by atoms with Gasteiger partial charge < -0.3 is 16.0 Å². The standard InChI is InChI=1S/C28H36FN5O3/c1-15(2)34-23(12-13-30-34)27(36)33-25(24(17-4-5-17)18-6-7-18)28(37)32-22-11-8-19(14-21(22)29)16(3)26(35)31-20-9-10-20/h8,11-18,20,24-25H,4-7,9-10H2,1-3H3,(H,31,35)(H,32,37)(H,33,36)/t16-,25-/m0/s1. The molecule has 3 aliphatic rings. The Morgan fingerprint density at radius 2 is 1.65 bits per heavy atom. The fourth-order valence-electron chi connectivity index (χ4n) is 5.17. The van der Waals surface area contributed by atoms with Crippen LogP contribution in [0.25, 0.3) is 0 Å². The molecule has 5 rings (SSSR count). The van der Waals surface area contributed by atoms with Gasteiger partial charge in [-0.2, -0.15) is 5.10 Å². The number of carbonyl (C=O) groups excluding carboxylic acids is 3. The van der Waals surface area contributed by atoms with Crippen molar-refractivity contribution in [3.05, 3.63) is 47.5 Å². The van der Waals surface area contributed by atoms with Gasteiger partial charge in [0.15, 0.2) is 0 Å². The number of rotatable bonds is 11. The molecule has 3 N–H and O–H groups in total. The molecule has 0 radical (unpaired) electrons. The van der Waals surface area contributed by atoms with E-state index in [1.807, 2.05) is 13.8 Å². The zero-order valence-corrected chi connectivity index (χ0v) is 21.7. The first kappa shape index (κ1) is 25.4. The second kappa shape index (κ2) is 10.3. The van der Waals surface area contributed by atoms with Crippen molar-refractivity contribution in [3.63, 3.8) is 0 Å². The third-order valence-corrected chi connectivity index (χ3v) is 7.75. The van der Waals surface area contributed by atoms with Crippen LogP contribution in [0.1, 0.15) is 87.3 Å². The maximum absolute atomic E-state index is 15.1. The van der Waals surface area contributed by atoms with Gasteiger partial charge in [0.1, 0.15) is 17.6 Å². The van der Waals surface area contributed by atoms with Crippen molar-refractivity contribution >= 4 is 23.4 Å². The van der Waals surface area contributed by atoms with Gasteiger partial charge in [-0.3, -0.25) is 19.1 Å². The molecular weight excluding hydrogens is 473 g/mol. The van der Waals surface area contributed by atoms with Crippen LogP contribution in [0.3, 0.4) is 0 Å². The topological polar surface area (TPSA) is 105 Å². The molecule has 1 aromatic carbocycles. The summed E-state index contributed by atoms with van der Waals surface area (Å²) in [5.41, 5.74) is 0.988. The molecule has 2 aromatic rings. The molecular formula is C28H36FN5O3. The van der Waals surface area contributed by atoms with Gasteiger partial charge in [-0.15, -0.1) is 0 Å². The van der Waals surface area contributed by atoms with Gasteiger partial charge in [-0.05, 0) is 101 Å². The molecule has 0 spiro atoms. The lowest BCUT2D eigenvalue weighted by Crippen LogP contribution is -2.50. The highest BCUT2D eigenvalue weighted by atomic mass is 19.1. The third-order valence-electron chi connectivity index (χ3n) is 7.75. The largest absolute Gasteiger partial charge is 0.353 e. The SMILES string of the molecule is CC(C)n1nccc1C(=O)N[C@H](C(=O)Nc1ccc([C@H](C)C(=O)NC2CC2)cc1F)C(C1CC1)C1CC1. The van der Waals surface area contributed by atoms with E-state index in [1.54, 1.807) is 29.9 Å². The summed E-state index contributed by atoms with van der Waals surface area (Å²) >= 11 is 0. The number of benzene rings is 1. The Kier molecular flexibility index (Phi) is 7.05. The molecule has 1 heterocycles. The number of halogens is 1. The van der Waals surface area contributed by atoms with Crippen LogP contribution in [0.4, 0.5) is 10.1 Å². The lowest BCUT2D eigenvalue weighted by Gasteiger charge is -2.28. The summed E-state index contributed by atoms with van der Waals surface area (Å²) < 4.78 is 16.7. The van der Waals surface area contributed by atoms with Gasteiger partial charge in [-0.25, -0.2) is 4.39 Å². The molecule has 0 saturated heterocycles. The fourth-order valence-corrected chi connectivity index (χ4v) is 5.17. The summed E-state index contributed by atoms with van der Waals surface area (Å²) in [7, 11) is 0. The minimum Gasteiger partial charge on any atom is -0.353 e. The zero-order chi connectivity index (χ0) is 26.3. The van der Waals surface area contributed by atoms with E-state index in [0.29, 0.717) is 23.1 Å². The third kappa shape index (κ3) is 5.86. The summed E-state index contributed by atoms with van der Waals surface area (Å²) in [6.07, 6.45) is 7.69. The van der Waals surface area contributed by atoms with Crippen LogP contribution in [0.5, 0.6) is 0 Å². The maximum Gasteiger partial charge on any atom is 0.270 e. The average Bonchev–Trinajstić information content (AvgIpc) is 3.73. The van der Waals surface area contributed by atoms with E-state index in [-0.39, 0.29) is 35.5 Å². The molecule has 9 heteroatoms. The molecule has 37 heavy (non-hydrogen) atoms. The van der Waals surface area contributed by atoms with Gasteiger partial charge in [0.05, 0.1) is 11.6 Å². The van der Waals surface area contributed by atoms with Crippen LogP contribution < -0.4 is 16.0 Å². The number of aromatic nitrogens is 2. The molecule has 0 unspecified atom stereocenters. The van der Waals surface area contributed by atoms with Gasteiger partial charge in [0.2, 0.25) is 11.8 Å². The zero-order valence-electron chi connectivity index (χ0n) is 21.7. The quantitative estimate of drug-likeness (QED) is 0.423. The van der Waals surface area contributed by atoms with Crippen molar-refractivity contribution in [1.82, 2.24) is 20.4 Å². The Morgan fingerprint density at radius 1 is 0.973 bits per heavy atom. The van der Waals surface area contributed by atoms with E-state index in [4.69, 9.17) is 0 Å². The highest BCUT2D eigenvalue weighted by Gasteiger charge is 2.48. The van der Waals surface area contributed by atoms with Gasteiger partial charge >= 0.3 is 0 Å². The van der Waals surface area contributed by atoms with Crippen LogP contribution in [0.2, 0.25) is 0 Å². The van der Waals surface area contributed by atoms with Crippen molar-refractivity contribution in [1.29, 1.82) is 0 Å². The van der Waals surface area contributed by atoms with E-state index >= 15 is 4.39 Å². The number of nitrogens with one attached hydrogen (secondary N) is 3. The second-order valence-corrected chi connectivity index (χ2v) is 11.2. The average molecular weight is 510 g/mol. The van der Waals surface area contributed by atoms with Gasteiger partial charge in [0.25, 0.3) is 5.91 Å². The summed E-state index contributed by atoms with van der Waals surface area (Å²) in [4.78, 5) is 39.2. The molecule has 3 saturated carbocycles. The number of amides is 3. The Bertz CT molecular complexity index is 1170. The molecule has 2 atom stereocenters. The first-order valence-electron chi connectivity index (χ1n) is 13.5. The summed E-state index contributed by atoms with van der Waals surface area (Å²) in [6, 6.07) is 5.57. The van der Waals surface area contributed by atoms with Crippen LogP contribution >= 0.6 is 0 Å². The molecule has 3 amide bonds. The number of carbonyl (C=O) groups is 3. The Labute approximate surface area is 216 Å². The predicted molar refractivity (Wildman–Crippen MR) is 137 cm³/mol. The minimum absolute atomic E-state index is 0.00736. The van der Waals surface area contributed by atoms with Crippen molar-refractivity contribution in [2.75, 3.05) is 5.32 Å². The lowest BCUT2D eigenvalue weighted by molar-refractivity contribution is -0.122. The summed E-state index contributed by atoms with van der Waals surface area (Å²) in [5.74, 6) is -1.20. The van der Waals surface area contributed by atoms with Crippen molar-refractivity contribution in [3.8, 4) is 0 Å². The summed E-state index contributed by atoms with van der Waals surface area (Å²) in [5, 5.41) is 12.9. The van der Waals surface area contributed by atoms with Crippen molar-refractivity contribution in [2.24, 2.45) is 17.8 Å². The first-order valence-corrected chi connectivity index (χ1v) is 13.5. The minimum atomic E-state index is -0.773. The summed E-state index contributed by atoms with van der Waals surface area (Å²) in [6.45, 7) is 5.62. The lowest BCUT2D eigenvalue weighted by atomic mass is 9.88. The van der Waals surface area contributed by atoms with Crippen LogP contribution in [0, 0.1) is 23.6 Å². The molecule has 0 bridgehead atoms. The predicted octanol–water partition coefficient (Wildman–Crippen LogP) is 4.16. The van der Waals surface area contributed by atoms with Crippen LogP contribution in [-0.2, 0) is 9.59 Å². The second-order valence-electron chi connectivity index (χ2n) is 11.2. The molecule has 198 valence electrons. The Morgan fingerprint density at radius 3 is 2.22 bits per heavy atom. The molecule has 8 nitrogen and oxygen atoms in total. The van der Waals surface area contributed by atoms with Gasteiger partial charge in [-0.1, -0.05) is 6.07 Å². The first-order chi connectivity index (χ1) is 17.7. The molecule has 3 fully saturated rings. The molecule has 1 aromatic heterocycles. The van der Waals surface area contributed by atoms with Gasteiger partial charge in [0, 0.05) is 18.3 Å². The molecule has 0 aliphatic heterocycles. The van der Waals surface area contributed by atoms with E-state index in [9.17, 15) is 14.4 Å². The monoisotopic (exact) mass is 509 g/mol. The van der Waals surface area contributed by atoms with Crippen LogP contribution in [0.15, 0.2) is 30.5 Å². The fraction of sp³-hybridized carbons (Fsp3) is 0.571. The van der Waals surface area contributed by atoms with Crippen molar-refractivity contribution < 1.29 is 18.8 Å². The Hall–Kier alpha value is -3.23. The van der Waals surface area contributed by atoms with E-state index in [2.05, 4.69) is 21.0 Å². The van der Waals surface area contributed by atoms with E-state index in [1.165, 1.54) is 12.1 Å². The van der Waals surface area contributed by atoms with Crippen LogP contribution in [-0.4, -0.2) is 39.6 Å². The van der Waals surface area contributed by atoms with E-state index < -0.39 is 23.7 Å². The number of nitrogens with zero attached hydrogens (tertiary/aromatic N) is 2. The van der Waals surface area contributed by atoms with Crippen molar-refractivity contribution in [2.45, 2.75) is 83.3 Å². The maximum atomic E-state index is 15.1. The molecule has 3 aliphatic carbocycles. The smallest absolute Gasteiger partial charge is 0.270 e. The number of hydrogen-bond donors (Lipinski definition) is 3. The Balaban J connectivity index is 1.33.